The van der Waals surface area contributed by atoms with Gasteiger partial charge in [-0.15, -0.1) is 0 Å². The Morgan fingerprint density at radius 2 is 1.69 bits per heavy atom. The zero-order valence-electron chi connectivity index (χ0n) is 8.15. The van der Waals surface area contributed by atoms with Crippen molar-refractivity contribution in [3.8, 4) is 0 Å². The van der Waals surface area contributed by atoms with Crippen molar-refractivity contribution in [3.05, 3.63) is 6.92 Å². The van der Waals surface area contributed by atoms with Gasteiger partial charge in [0.15, 0.2) is 0 Å². The van der Waals surface area contributed by atoms with Gasteiger partial charge in [-0.1, -0.05) is 20.3 Å². The van der Waals surface area contributed by atoms with Crippen molar-refractivity contribution < 1.29 is 31.8 Å². The molecular formula is C9H17FeO3-. The first-order valence-electron chi connectivity index (χ1n) is 4.11. The van der Waals surface area contributed by atoms with E-state index in [4.69, 9.17) is 5.11 Å². The molecular weight excluding hydrogens is 212 g/mol. The van der Waals surface area contributed by atoms with Crippen LogP contribution in [0.15, 0.2) is 0 Å². The Hall–Kier alpha value is -0.341. The van der Waals surface area contributed by atoms with E-state index in [1.54, 1.807) is 6.92 Å². The fraction of sp³-hybridized carbons (Fsp3) is 0.667. The second kappa shape index (κ2) is 14.2. The van der Waals surface area contributed by atoms with Gasteiger partial charge in [-0.25, -0.2) is 0 Å². The normalized spacial score (nSPS) is 7.62. The Balaban J connectivity index is -0.000000173. The number of carbonyl (C=O) groups excluding carboxylic acids is 1. The van der Waals surface area contributed by atoms with Crippen LogP contribution in [0, 0.1) is 6.92 Å². The molecule has 0 aromatic carbocycles. The molecule has 0 atom stereocenters. The van der Waals surface area contributed by atoms with Crippen LogP contribution in [0.2, 0.25) is 0 Å². The van der Waals surface area contributed by atoms with E-state index in [0.29, 0.717) is 6.42 Å². The van der Waals surface area contributed by atoms with Gasteiger partial charge in [0.2, 0.25) is 0 Å². The fourth-order valence-electron chi connectivity index (χ4n) is 0.294. The Morgan fingerprint density at radius 3 is 1.77 bits per heavy atom. The van der Waals surface area contributed by atoms with E-state index in [-0.39, 0.29) is 29.3 Å². The van der Waals surface area contributed by atoms with E-state index >= 15 is 0 Å². The molecule has 0 aliphatic heterocycles. The molecule has 0 unspecified atom stereocenters. The van der Waals surface area contributed by atoms with E-state index in [1.165, 1.54) is 6.42 Å². The van der Waals surface area contributed by atoms with E-state index in [9.17, 15) is 9.59 Å². The van der Waals surface area contributed by atoms with Crippen LogP contribution < -0.4 is 0 Å². The number of Topliss-reactive ketones (excluding diaryl/α,β-unsaturated/α-hetero) is 1. The minimum absolute atomic E-state index is 0. The number of hydrogen-bond donors (Lipinski definition) is 1. The molecule has 0 spiro atoms. The van der Waals surface area contributed by atoms with Crippen LogP contribution in [0.5, 0.6) is 0 Å². The van der Waals surface area contributed by atoms with Gasteiger partial charge in [0, 0.05) is 23.5 Å². The quantitative estimate of drug-likeness (QED) is 0.456. The molecule has 0 aromatic heterocycles. The van der Waals surface area contributed by atoms with Crippen molar-refractivity contribution in [2.75, 3.05) is 0 Å². The molecule has 0 saturated carbocycles. The number of aliphatic carboxylic acids is 1. The molecule has 0 saturated heterocycles. The summed E-state index contributed by atoms with van der Waals surface area (Å²) in [4.78, 5) is 20.0. The summed E-state index contributed by atoms with van der Waals surface area (Å²) >= 11 is 0. The van der Waals surface area contributed by atoms with Crippen LogP contribution in [0.1, 0.15) is 39.5 Å². The zero-order chi connectivity index (χ0) is 9.98. The van der Waals surface area contributed by atoms with Crippen LogP contribution in [0.3, 0.4) is 0 Å². The molecule has 3 nitrogen and oxygen atoms in total. The summed E-state index contributed by atoms with van der Waals surface area (Å²) in [6.45, 7) is 7.37. The van der Waals surface area contributed by atoms with Gasteiger partial charge in [-0.2, -0.15) is 6.42 Å². The number of carbonyl (C=O) groups is 2. The first-order chi connectivity index (χ1) is 5.58. The summed E-state index contributed by atoms with van der Waals surface area (Å²) in [5.41, 5.74) is 0. The number of rotatable bonds is 4. The molecule has 0 bridgehead atoms. The van der Waals surface area contributed by atoms with E-state index in [1.807, 2.05) is 0 Å². The Bertz CT molecular complexity index is 133. The summed E-state index contributed by atoms with van der Waals surface area (Å²) in [6, 6.07) is 0. The summed E-state index contributed by atoms with van der Waals surface area (Å²) in [5.74, 6) is -1.27. The molecule has 4 heteroatoms. The standard InChI is InChI=1S/C5H8O3.C4H9.Fe/c1-2-4(6)3-5(7)8;1-3-4-2;/h2-3H2,1H3,(H,7,8);1,3-4H2,2H3;/q;-1;. The van der Waals surface area contributed by atoms with Gasteiger partial charge in [0.1, 0.15) is 12.2 Å². The number of carboxylic acids is 1. The van der Waals surface area contributed by atoms with Gasteiger partial charge < -0.3 is 12.0 Å². The Morgan fingerprint density at radius 1 is 1.31 bits per heavy atom. The number of unbranched alkanes of at least 4 members (excludes halogenated alkanes) is 1. The summed E-state index contributed by atoms with van der Waals surface area (Å²) < 4.78 is 0. The Labute approximate surface area is 90.4 Å². The van der Waals surface area contributed by atoms with Gasteiger partial charge >= 0.3 is 5.97 Å². The van der Waals surface area contributed by atoms with E-state index in [2.05, 4.69) is 13.8 Å². The number of carboxylic acid groups (broad SMARTS) is 1. The van der Waals surface area contributed by atoms with Gasteiger partial charge in [0.05, 0.1) is 0 Å². The summed E-state index contributed by atoms with van der Waals surface area (Å²) in [7, 11) is 0. The minimum Gasteiger partial charge on any atom is -0.481 e. The van der Waals surface area contributed by atoms with Crippen molar-refractivity contribution in [3.63, 3.8) is 0 Å². The molecule has 0 aromatic rings. The van der Waals surface area contributed by atoms with Crippen molar-refractivity contribution in [1.29, 1.82) is 0 Å². The monoisotopic (exact) mass is 229 g/mol. The van der Waals surface area contributed by atoms with Crippen LogP contribution >= 0.6 is 0 Å². The number of hydrogen-bond acceptors (Lipinski definition) is 2. The van der Waals surface area contributed by atoms with Crippen LogP contribution in [0.25, 0.3) is 0 Å². The maximum atomic E-state index is 10.2. The van der Waals surface area contributed by atoms with Gasteiger partial charge in [-0.3, -0.25) is 9.59 Å². The van der Waals surface area contributed by atoms with Crippen LogP contribution in [-0.2, 0) is 26.7 Å². The molecule has 13 heavy (non-hydrogen) atoms. The van der Waals surface area contributed by atoms with Crippen molar-refractivity contribution in [2.24, 2.45) is 0 Å². The van der Waals surface area contributed by atoms with E-state index < -0.39 is 5.97 Å². The SMILES string of the molecule is CCC(=O)CC(=O)O.[CH2-]CCC.[Fe]. The summed E-state index contributed by atoms with van der Waals surface area (Å²) in [6.07, 6.45) is 2.25. The third-order valence-electron chi connectivity index (χ3n) is 1.10. The molecule has 0 fully saturated rings. The first-order valence-corrected chi connectivity index (χ1v) is 4.11. The third-order valence-corrected chi connectivity index (χ3v) is 1.10. The molecule has 1 N–H and O–H groups in total. The molecule has 0 aliphatic carbocycles. The molecule has 0 rings (SSSR count). The molecule has 80 valence electrons. The fourth-order valence-corrected chi connectivity index (χ4v) is 0.294. The average Bonchev–Trinajstić information content (AvgIpc) is 2.04. The predicted molar refractivity (Wildman–Crippen MR) is 47.8 cm³/mol. The van der Waals surface area contributed by atoms with Crippen LogP contribution in [-0.4, -0.2) is 16.9 Å². The molecule has 0 amide bonds. The zero-order valence-corrected chi connectivity index (χ0v) is 9.26. The number of ketones is 1. The third kappa shape index (κ3) is 24.5. The largest absolute Gasteiger partial charge is 0.481 e. The Kier molecular flexibility index (Phi) is 20.1. The molecule has 0 heterocycles. The average molecular weight is 229 g/mol. The second-order valence-electron chi connectivity index (χ2n) is 2.32. The van der Waals surface area contributed by atoms with E-state index in [0.717, 1.165) is 6.42 Å². The van der Waals surface area contributed by atoms with Crippen molar-refractivity contribution in [2.45, 2.75) is 39.5 Å². The van der Waals surface area contributed by atoms with Crippen molar-refractivity contribution >= 4 is 11.8 Å². The maximum Gasteiger partial charge on any atom is 0.310 e. The first kappa shape index (κ1) is 18.4. The van der Waals surface area contributed by atoms with Crippen LogP contribution in [0.4, 0.5) is 0 Å². The topological polar surface area (TPSA) is 54.4 Å². The molecule has 0 aliphatic rings. The summed E-state index contributed by atoms with van der Waals surface area (Å²) in [5, 5.41) is 7.99. The minimum atomic E-state index is -1.04. The second-order valence-corrected chi connectivity index (χ2v) is 2.32. The smallest absolute Gasteiger partial charge is 0.310 e. The van der Waals surface area contributed by atoms with Crippen molar-refractivity contribution in [1.82, 2.24) is 0 Å². The van der Waals surface area contributed by atoms with Gasteiger partial charge in [-0.05, 0) is 0 Å². The maximum absolute atomic E-state index is 10.2. The predicted octanol–water partition coefficient (Wildman–Crippen LogP) is 2.06. The van der Waals surface area contributed by atoms with Gasteiger partial charge in [0.25, 0.3) is 0 Å². The molecule has 0 radical (unpaired) electrons.